The second-order valence-electron chi connectivity index (χ2n) is 4.00. The van der Waals surface area contributed by atoms with Crippen LogP contribution in [-0.2, 0) is 13.6 Å². The van der Waals surface area contributed by atoms with E-state index in [4.69, 9.17) is 17.3 Å². The number of aryl methyl sites for hydroxylation is 1. The van der Waals surface area contributed by atoms with Gasteiger partial charge in [0.1, 0.15) is 5.69 Å². The van der Waals surface area contributed by atoms with Crippen molar-refractivity contribution in [2.75, 3.05) is 5.73 Å². The standard InChI is InChI=1S/C12H12ClN3O2/c1-15-7-10(14)11(17)16(12(15)18)6-8-2-4-9(13)5-3-8/h2-5,7H,6,14H2,1H3. The first-order valence-electron chi connectivity index (χ1n) is 5.29. The van der Waals surface area contributed by atoms with Crippen LogP contribution in [0.5, 0.6) is 0 Å². The van der Waals surface area contributed by atoms with Crippen LogP contribution in [-0.4, -0.2) is 9.13 Å². The van der Waals surface area contributed by atoms with E-state index >= 15 is 0 Å². The molecule has 18 heavy (non-hydrogen) atoms. The van der Waals surface area contributed by atoms with Gasteiger partial charge in [-0.25, -0.2) is 4.79 Å². The van der Waals surface area contributed by atoms with E-state index in [1.165, 1.54) is 10.8 Å². The van der Waals surface area contributed by atoms with Gasteiger partial charge in [-0.1, -0.05) is 23.7 Å². The van der Waals surface area contributed by atoms with E-state index in [0.29, 0.717) is 5.02 Å². The van der Waals surface area contributed by atoms with E-state index in [-0.39, 0.29) is 12.2 Å². The smallest absolute Gasteiger partial charge is 0.331 e. The molecule has 1 aromatic heterocycles. The molecule has 5 nitrogen and oxygen atoms in total. The molecule has 6 heteroatoms. The van der Waals surface area contributed by atoms with E-state index in [2.05, 4.69) is 0 Å². The van der Waals surface area contributed by atoms with Gasteiger partial charge < -0.3 is 10.3 Å². The van der Waals surface area contributed by atoms with Gasteiger partial charge in [-0.3, -0.25) is 9.36 Å². The van der Waals surface area contributed by atoms with Crippen LogP contribution in [0.25, 0.3) is 0 Å². The molecule has 0 aliphatic carbocycles. The van der Waals surface area contributed by atoms with Gasteiger partial charge in [0.2, 0.25) is 0 Å². The fraction of sp³-hybridized carbons (Fsp3) is 0.167. The number of benzene rings is 1. The average molecular weight is 266 g/mol. The Morgan fingerprint density at radius 2 is 1.83 bits per heavy atom. The first kappa shape index (κ1) is 12.4. The summed E-state index contributed by atoms with van der Waals surface area (Å²) in [7, 11) is 1.55. The van der Waals surface area contributed by atoms with Crippen LogP contribution < -0.4 is 17.0 Å². The molecule has 2 N–H and O–H groups in total. The topological polar surface area (TPSA) is 70.0 Å². The average Bonchev–Trinajstić information content (AvgIpc) is 2.34. The molecule has 0 amide bonds. The third-order valence-corrected chi connectivity index (χ3v) is 2.86. The molecular weight excluding hydrogens is 254 g/mol. The summed E-state index contributed by atoms with van der Waals surface area (Å²) in [5, 5.41) is 0.603. The minimum atomic E-state index is -0.479. The lowest BCUT2D eigenvalue weighted by atomic mass is 10.2. The zero-order valence-corrected chi connectivity index (χ0v) is 10.5. The summed E-state index contributed by atoms with van der Waals surface area (Å²) in [4.78, 5) is 23.7. The van der Waals surface area contributed by atoms with E-state index in [1.54, 1.807) is 31.3 Å². The Balaban J connectivity index is 2.50. The van der Waals surface area contributed by atoms with Gasteiger partial charge in [0, 0.05) is 18.3 Å². The highest BCUT2D eigenvalue weighted by Gasteiger charge is 2.07. The Hall–Kier alpha value is -2.01. The van der Waals surface area contributed by atoms with Crippen molar-refractivity contribution in [3.8, 4) is 0 Å². The molecule has 0 fully saturated rings. The van der Waals surface area contributed by atoms with Crippen LogP contribution >= 0.6 is 11.6 Å². The van der Waals surface area contributed by atoms with Crippen LogP contribution in [0.4, 0.5) is 5.69 Å². The van der Waals surface area contributed by atoms with Gasteiger partial charge in [-0.2, -0.15) is 0 Å². The van der Waals surface area contributed by atoms with Crippen molar-refractivity contribution < 1.29 is 0 Å². The van der Waals surface area contributed by atoms with Gasteiger partial charge in [0.15, 0.2) is 0 Å². The highest BCUT2D eigenvalue weighted by Crippen LogP contribution is 2.09. The minimum Gasteiger partial charge on any atom is -0.393 e. The van der Waals surface area contributed by atoms with E-state index in [0.717, 1.165) is 10.1 Å². The van der Waals surface area contributed by atoms with Crippen molar-refractivity contribution >= 4 is 17.3 Å². The summed E-state index contributed by atoms with van der Waals surface area (Å²) < 4.78 is 2.38. The molecule has 94 valence electrons. The monoisotopic (exact) mass is 265 g/mol. The summed E-state index contributed by atoms with van der Waals surface area (Å²) in [6.45, 7) is 0.174. The predicted octanol–water partition coefficient (Wildman–Crippen LogP) is 0.831. The zero-order valence-electron chi connectivity index (χ0n) is 9.76. The number of hydrogen-bond donors (Lipinski definition) is 1. The molecule has 0 spiro atoms. The maximum Gasteiger partial charge on any atom is 0.331 e. The first-order valence-corrected chi connectivity index (χ1v) is 5.67. The van der Waals surface area contributed by atoms with Crippen LogP contribution in [0.2, 0.25) is 5.02 Å². The number of nitrogens with two attached hydrogens (primary N) is 1. The predicted molar refractivity (Wildman–Crippen MR) is 70.9 cm³/mol. The SMILES string of the molecule is Cn1cc(N)c(=O)n(Cc2ccc(Cl)cc2)c1=O. The van der Waals surface area contributed by atoms with Crippen molar-refractivity contribution in [3.05, 3.63) is 61.9 Å². The third kappa shape index (κ3) is 2.31. The lowest BCUT2D eigenvalue weighted by Gasteiger charge is -2.08. The highest BCUT2D eigenvalue weighted by atomic mass is 35.5. The largest absolute Gasteiger partial charge is 0.393 e. The van der Waals surface area contributed by atoms with Crippen LogP contribution in [0, 0.1) is 0 Å². The highest BCUT2D eigenvalue weighted by molar-refractivity contribution is 6.30. The van der Waals surface area contributed by atoms with Gasteiger partial charge in [0.05, 0.1) is 6.54 Å². The first-order chi connectivity index (χ1) is 8.49. The Bertz CT molecular complexity index is 652. The summed E-state index contributed by atoms with van der Waals surface area (Å²) in [5.74, 6) is 0. The molecule has 0 atom stereocenters. The zero-order chi connectivity index (χ0) is 13.3. The van der Waals surface area contributed by atoms with Crippen molar-refractivity contribution in [2.45, 2.75) is 6.54 Å². The molecule has 1 heterocycles. The van der Waals surface area contributed by atoms with Crippen LogP contribution in [0.1, 0.15) is 5.56 Å². The second-order valence-corrected chi connectivity index (χ2v) is 4.43. The molecular formula is C12H12ClN3O2. The number of anilines is 1. The number of nitrogens with zero attached hydrogens (tertiary/aromatic N) is 2. The molecule has 0 saturated heterocycles. The Morgan fingerprint density at radius 1 is 1.22 bits per heavy atom. The van der Waals surface area contributed by atoms with Crippen LogP contribution in [0.15, 0.2) is 40.1 Å². The Kier molecular flexibility index (Phi) is 3.25. The lowest BCUT2D eigenvalue weighted by Crippen LogP contribution is -2.39. The third-order valence-electron chi connectivity index (χ3n) is 2.61. The van der Waals surface area contributed by atoms with E-state index in [9.17, 15) is 9.59 Å². The quantitative estimate of drug-likeness (QED) is 0.874. The van der Waals surface area contributed by atoms with E-state index < -0.39 is 11.2 Å². The van der Waals surface area contributed by atoms with E-state index in [1.807, 2.05) is 0 Å². The molecule has 0 bridgehead atoms. The van der Waals surface area contributed by atoms with Gasteiger partial charge in [-0.15, -0.1) is 0 Å². The normalized spacial score (nSPS) is 10.6. The number of halogens is 1. The van der Waals surface area contributed by atoms with Crippen molar-refractivity contribution in [1.82, 2.24) is 9.13 Å². The number of rotatable bonds is 2. The Morgan fingerprint density at radius 3 is 2.44 bits per heavy atom. The summed E-state index contributed by atoms with van der Waals surface area (Å²) >= 11 is 5.77. The van der Waals surface area contributed by atoms with Crippen molar-refractivity contribution in [3.63, 3.8) is 0 Å². The van der Waals surface area contributed by atoms with Crippen molar-refractivity contribution in [1.29, 1.82) is 0 Å². The fourth-order valence-corrected chi connectivity index (χ4v) is 1.79. The molecule has 0 saturated carbocycles. The number of hydrogen-bond acceptors (Lipinski definition) is 3. The molecule has 0 radical (unpaired) electrons. The van der Waals surface area contributed by atoms with Gasteiger partial charge in [-0.05, 0) is 17.7 Å². The lowest BCUT2D eigenvalue weighted by molar-refractivity contribution is 0.643. The van der Waals surface area contributed by atoms with Gasteiger partial charge >= 0.3 is 5.69 Å². The maximum absolute atomic E-state index is 11.9. The molecule has 1 aromatic carbocycles. The molecule has 2 rings (SSSR count). The molecule has 0 aliphatic heterocycles. The molecule has 0 aliphatic rings. The summed E-state index contributed by atoms with van der Waals surface area (Å²) in [6, 6.07) is 6.94. The minimum absolute atomic E-state index is 0.0473. The summed E-state index contributed by atoms with van der Waals surface area (Å²) in [6.07, 6.45) is 1.32. The fourth-order valence-electron chi connectivity index (χ4n) is 1.66. The maximum atomic E-state index is 11.9. The second kappa shape index (κ2) is 4.70. The Labute approximate surface area is 108 Å². The number of nitrogen functional groups attached to an aromatic ring is 1. The van der Waals surface area contributed by atoms with Crippen LogP contribution in [0.3, 0.4) is 0 Å². The molecule has 0 unspecified atom stereocenters. The van der Waals surface area contributed by atoms with Crippen molar-refractivity contribution in [2.24, 2.45) is 7.05 Å². The number of aromatic nitrogens is 2. The molecule has 2 aromatic rings. The van der Waals surface area contributed by atoms with Gasteiger partial charge in [0.25, 0.3) is 5.56 Å². The summed E-state index contributed by atoms with van der Waals surface area (Å²) in [5.41, 5.74) is 5.53.